The van der Waals surface area contributed by atoms with Gasteiger partial charge >= 0.3 is 0 Å². The average Bonchev–Trinajstić information content (AvgIpc) is 2.48. The first-order valence-electron chi connectivity index (χ1n) is 6.92. The normalized spacial score (nSPS) is 16.0. The average molecular weight is 280 g/mol. The summed E-state index contributed by atoms with van der Waals surface area (Å²) in [6.07, 6.45) is 3.20. The number of aromatic amines is 1. The van der Waals surface area contributed by atoms with Crippen LogP contribution in [0.2, 0.25) is 0 Å². The molecule has 2 rings (SSSR count). The van der Waals surface area contributed by atoms with Gasteiger partial charge in [-0.15, -0.1) is 0 Å². The monoisotopic (exact) mass is 280 g/mol. The van der Waals surface area contributed by atoms with Gasteiger partial charge in [-0.3, -0.25) is 9.59 Å². The number of carbonyl (C=O) groups is 1. The molecule has 0 saturated carbocycles. The molecule has 1 fully saturated rings. The maximum atomic E-state index is 11.7. The molecule has 1 aliphatic rings. The minimum atomic E-state index is -0.322. The number of amides is 1. The Bertz CT molecular complexity index is 462. The van der Waals surface area contributed by atoms with Crippen LogP contribution in [0.5, 0.6) is 0 Å². The number of ether oxygens (including phenoxy) is 1. The molecule has 0 radical (unpaired) electrons. The molecule has 110 valence electrons. The van der Waals surface area contributed by atoms with E-state index >= 15 is 0 Å². The molecule has 1 aromatic rings. The van der Waals surface area contributed by atoms with Gasteiger partial charge in [-0.25, -0.2) is 5.10 Å². The molecule has 1 aromatic heterocycles. The molecule has 3 N–H and O–H groups in total. The Kier molecular flexibility index (Phi) is 5.69. The first kappa shape index (κ1) is 14.7. The van der Waals surface area contributed by atoms with E-state index in [4.69, 9.17) is 4.74 Å². The number of carbonyl (C=O) groups excluding carboxylic acids is 1. The van der Waals surface area contributed by atoms with Crippen LogP contribution >= 0.6 is 0 Å². The third-order valence-corrected chi connectivity index (χ3v) is 3.16. The lowest BCUT2D eigenvalue weighted by Gasteiger charge is -2.22. The lowest BCUT2D eigenvalue weighted by atomic mass is 10.1. The first-order valence-corrected chi connectivity index (χ1v) is 6.92. The number of nitrogens with one attached hydrogen (secondary N) is 3. The maximum Gasteiger partial charge on any atom is 0.271 e. The summed E-state index contributed by atoms with van der Waals surface area (Å²) in [5.41, 5.74) is -0.110. The van der Waals surface area contributed by atoms with Gasteiger partial charge in [0.05, 0.1) is 6.10 Å². The molecule has 0 spiro atoms. The van der Waals surface area contributed by atoms with Gasteiger partial charge in [0, 0.05) is 19.2 Å². The third-order valence-electron chi connectivity index (χ3n) is 3.16. The zero-order valence-electron chi connectivity index (χ0n) is 11.4. The van der Waals surface area contributed by atoms with E-state index in [1.807, 2.05) is 0 Å². The Labute approximate surface area is 117 Å². The van der Waals surface area contributed by atoms with Crippen molar-refractivity contribution in [2.45, 2.75) is 25.4 Å². The molecule has 0 aromatic carbocycles. The number of H-pyrrole nitrogens is 1. The summed E-state index contributed by atoms with van der Waals surface area (Å²) in [4.78, 5) is 22.5. The molecule has 2 heterocycles. The van der Waals surface area contributed by atoms with Crippen molar-refractivity contribution in [2.24, 2.45) is 0 Å². The predicted octanol–water partition coefficient (Wildman–Crippen LogP) is -0.342. The van der Waals surface area contributed by atoms with Crippen LogP contribution in [-0.2, 0) is 4.74 Å². The van der Waals surface area contributed by atoms with Gasteiger partial charge in [0.1, 0.15) is 5.69 Å². The summed E-state index contributed by atoms with van der Waals surface area (Å²) in [6.45, 7) is 3.20. The van der Waals surface area contributed by atoms with E-state index in [1.54, 1.807) is 0 Å². The van der Waals surface area contributed by atoms with E-state index < -0.39 is 0 Å². The Morgan fingerprint density at radius 2 is 2.20 bits per heavy atom. The lowest BCUT2D eigenvalue weighted by Crippen LogP contribution is -2.33. The molecule has 0 unspecified atom stereocenters. The Morgan fingerprint density at radius 3 is 2.90 bits per heavy atom. The highest BCUT2D eigenvalue weighted by atomic mass is 16.5. The molecule has 0 bridgehead atoms. The van der Waals surface area contributed by atoms with Crippen molar-refractivity contribution < 1.29 is 9.53 Å². The first-order chi connectivity index (χ1) is 9.75. The fourth-order valence-corrected chi connectivity index (χ4v) is 2.05. The highest BCUT2D eigenvalue weighted by Crippen LogP contribution is 2.07. The van der Waals surface area contributed by atoms with Crippen LogP contribution in [0, 0.1) is 0 Å². The van der Waals surface area contributed by atoms with Crippen LogP contribution in [0.1, 0.15) is 29.8 Å². The third kappa shape index (κ3) is 4.75. The molecule has 7 heteroatoms. The molecule has 1 saturated heterocycles. The van der Waals surface area contributed by atoms with Gasteiger partial charge in [-0.05, 0) is 38.4 Å². The SMILES string of the molecule is O=C(NCCCOC1CCNCC1)c1ccc(=O)[nH]n1. The van der Waals surface area contributed by atoms with Gasteiger partial charge in [-0.1, -0.05) is 0 Å². The second-order valence-corrected chi connectivity index (χ2v) is 4.74. The molecule has 1 amide bonds. The Hall–Kier alpha value is -1.73. The second-order valence-electron chi connectivity index (χ2n) is 4.74. The van der Waals surface area contributed by atoms with Gasteiger partial charge in [0.2, 0.25) is 0 Å². The van der Waals surface area contributed by atoms with Crippen molar-refractivity contribution >= 4 is 5.91 Å². The molecular formula is C13H20N4O3. The number of hydrogen-bond donors (Lipinski definition) is 3. The van der Waals surface area contributed by atoms with Crippen molar-refractivity contribution in [1.82, 2.24) is 20.8 Å². The van der Waals surface area contributed by atoms with E-state index in [1.165, 1.54) is 12.1 Å². The van der Waals surface area contributed by atoms with Gasteiger partial charge < -0.3 is 15.4 Å². The van der Waals surface area contributed by atoms with Crippen LogP contribution in [0.3, 0.4) is 0 Å². The Morgan fingerprint density at radius 1 is 1.40 bits per heavy atom. The topological polar surface area (TPSA) is 96.1 Å². The molecule has 7 nitrogen and oxygen atoms in total. The quantitative estimate of drug-likeness (QED) is 0.619. The van der Waals surface area contributed by atoms with Crippen LogP contribution < -0.4 is 16.2 Å². The van der Waals surface area contributed by atoms with Crippen LogP contribution in [0.15, 0.2) is 16.9 Å². The predicted molar refractivity (Wildman–Crippen MR) is 73.7 cm³/mol. The van der Waals surface area contributed by atoms with E-state index in [-0.39, 0.29) is 17.2 Å². The summed E-state index contributed by atoms with van der Waals surface area (Å²) in [7, 11) is 0. The lowest BCUT2D eigenvalue weighted by molar-refractivity contribution is 0.0317. The number of rotatable bonds is 6. The van der Waals surface area contributed by atoms with E-state index in [2.05, 4.69) is 20.8 Å². The van der Waals surface area contributed by atoms with Crippen molar-refractivity contribution in [2.75, 3.05) is 26.2 Å². The van der Waals surface area contributed by atoms with Crippen molar-refractivity contribution in [3.05, 3.63) is 28.2 Å². The number of piperidine rings is 1. The summed E-state index contributed by atoms with van der Waals surface area (Å²) in [5, 5.41) is 11.9. The highest BCUT2D eigenvalue weighted by molar-refractivity contribution is 5.91. The highest BCUT2D eigenvalue weighted by Gasteiger charge is 2.12. The van der Waals surface area contributed by atoms with Gasteiger partial charge in [0.15, 0.2) is 0 Å². The fraction of sp³-hybridized carbons (Fsp3) is 0.615. The standard InChI is InChI=1S/C13H20N4O3/c18-12-3-2-11(16-17-12)13(19)15-6-1-9-20-10-4-7-14-8-5-10/h2-3,10,14H,1,4-9H2,(H,15,19)(H,17,18). The number of aromatic nitrogens is 2. The summed E-state index contributed by atoms with van der Waals surface area (Å²) >= 11 is 0. The molecule has 1 aliphatic heterocycles. The van der Waals surface area contributed by atoms with Gasteiger partial charge in [-0.2, -0.15) is 5.10 Å². The molecule has 0 atom stereocenters. The summed E-state index contributed by atoms with van der Waals surface area (Å²) < 4.78 is 5.73. The molecule has 0 aliphatic carbocycles. The number of hydrogen-bond acceptors (Lipinski definition) is 5. The minimum absolute atomic E-state index is 0.212. The summed E-state index contributed by atoms with van der Waals surface area (Å²) in [5.74, 6) is -0.289. The van der Waals surface area contributed by atoms with E-state index in [0.29, 0.717) is 19.3 Å². The zero-order chi connectivity index (χ0) is 14.2. The van der Waals surface area contributed by atoms with Crippen molar-refractivity contribution in [1.29, 1.82) is 0 Å². The zero-order valence-corrected chi connectivity index (χ0v) is 11.4. The fourth-order valence-electron chi connectivity index (χ4n) is 2.05. The molecular weight excluding hydrogens is 260 g/mol. The summed E-state index contributed by atoms with van der Waals surface area (Å²) in [6, 6.07) is 2.68. The maximum absolute atomic E-state index is 11.7. The van der Waals surface area contributed by atoms with Gasteiger partial charge in [0.25, 0.3) is 11.5 Å². The number of nitrogens with zero attached hydrogens (tertiary/aromatic N) is 1. The van der Waals surface area contributed by atoms with Crippen LogP contribution in [0.25, 0.3) is 0 Å². The largest absolute Gasteiger partial charge is 0.378 e. The van der Waals surface area contributed by atoms with E-state index in [0.717, 1.165) is 32.4 Å². The minimum Gasteiger partial charge on any atom is -0.378 e. The Balaban J connectivity index is 1.59. The second kappa shape index (κ2) is 7.76. The van der Waals surface area contributed by atoms with Crippen LogP contribution in [-0.4, -0.2) is 48.4 Å². The van der Waals surface area contributed by atoms with Crippen LogP contribution in [0.4, 0.5) is 0 Å². The molecule has 20 heavy (non-hydrogen) atoms. The van der Waals surface area contributed by atoms with E-state index in [9.17, 15) is 9.59 Å². The van der Waals surface area contributed by atoms with Crippen molar-refractivity contribution in [3.8, 4) is 0 Å². The van der Waals surface area contributed by atoms with Crippen molar-refractivity contribution in [3.63, 3.8) is 0 Å². The smallest absolute Gasteiger partial charge is 0.271 e.